The molecule has 2 N–H and O–H groups in total. The maximum atomic E-state index is 10.7. The largest absolute Gasteiger partial charge is 0.390 e. The van der Waals surface area contributed by atoms with Gasteiger partial charge in [-0.2, -0.15) is 0 Å². The lowest BCUT2D eigenvalue weighted by molar-refractivity contribution is 0.154. The van der Waals surface area contributed by atoms with Crippen LogP contribution >= 0.6 is 0 Å². The number of para-hydroxylation sites is 1. The third-order valence-corrected chi connectivity index (χ3v) is 5.09. The van der Waals surface area contributed by atoms with Crippen LogP contribution in [0.5, 0.6) is 0 Å². The molecule has 3 nitrogen and oxygen atoms in total. The number of nitrogens with zero attached hydrogens (tertiary/aromatic N) is 1. The molecule has 1 atom stereocenters. The van der Waals surface area contributed by atoms with E-state index in [0.29, 0.717) is 13.1 Å². The highest BCUT2D eigenvalue weighted by molar-refractivity contribution is 5.87. The average molecular weight is 370 g/mol. The van der Waals surface area contributed by atoms with Gasteiger partial charge in [0.2, 0.25) is 0 Å². The molecule has 1 heterocycles. The van der Waals surface area contributed by atoms with E-state index in [1.54, 1.807) is 0 Å². The van der Waals surface area contributed by atoms with Crippen LogP contribution in [0.4, 0.5) is 0 Å². The Hall–Kier alpha value is -2.88. The van der Waals surface area contributed by atoms with Crippen molar-refractivity contribution in [1.29, 1.82) is 0 Å². The Labute approximate surface area is 166 Å². The number of hydrogen-bond donors (Lipinski definition) is 2. The summed E-state index contributed by atoms with van der Waals surface area (Å²) in [5, 5.41) is 15.3. The van der Waals surface area contributed by atoms with E-state index >= 15 is 0 Å². The summed E-state index contributed by atoms with van der Waals surface area (Å²) in [6, 6.07) is 31.4. The third-order valence-electron chi connectivity index (χ3n) is 5.09. The van der Waals surface area contributed by atoms with Crippen LogP contribution in [0.15, 0.2) is 91.0 Å². The van der Waals surface area contributed by atoms with E-state index in [9.17, 15) is 5.11 Å². The van der Waals surface area contributed by atoms with Crippen molar-refractivity contribution in [2.45, 2.75) is 19.1 Å². The molecule has 0 bridgehead atoms. The standard InChI is InChI=1S/C25H26N2O/c28-23(18-26-16-15-20-9-3-1-4-10-20)19-27-24-14-8-7-13-22(24)17-25(27)21-11-5-2-6-12-21/h1-14,17,23,26,28H,15-16,18-19H2. The minimum absolute atomic E-state index is 0.450. The molecule has 3 heteroatoms. The highest BCUT2D eigenvalue weighted by atomic mass is 16.3. The van der Waals surface area contributed by atoms with Crippen LogP contribution in [-0.4, -0.2) is 28.9 Å². The van der Waals surface area contributed by atoms with Crippen LogP contribution in [-0.2, 0) is 13.0 Å². The van der Waals surface area contributed by atoms with Crippen molar-refractivity contribution in [2.75, 3.05) is 13.1 Å². The lowest BCUT2D eigenvalue weighted by Crippen LogP contribution is -2.31. The summed E-state index contributed by atoms with van der Waals surface area (Å²) in [5.74, 6) is 0. The van der Waals surface area contributed by atoms with Crippen LogP contribution in [0.3, 0.4) is 0 Å². The van der Waals surface area contributed by atoms with Gasteiger partial charge in [-0.15, -0.1) is 0 Å². The predicted octanol–water partition coefficient (Wildman–Crippen LogP) is 4.50. The third kappa shape index (κ3) is 4.33. The van der Waals surface area contributed by atoms with E-state index in [-0.39, 0.29) is 0 Å². The van der Waals surface area contributed by atoms with Crippen molar-refractivity contribution in [1.82, 2.24) is 9.88 Å². The average Bonchev–Trinajstić information content (AvgIpc) is 3.11. The summed E-state index contributed by atoms with van der Waals surface area (Å²) in [4.78, 5) is 0. The maximum absolute atomic E-state index is 10.7. The fourth-order valence-electron chi connectivity index (χ4n) is 3.68. The molecule has 0 amide bonds. The molecular formula is C25H26N2O. The van der Waals surface area contributed by atoms with Crippen LogP contribution in [0.2, 0.25) is 0 Å². The molecule has 0 aliphatic rings. The van der Waals surface area contributed by atoms with E-state index in [4.69, 9.17) is 0 Å². The molecular weight excluding hydrogens is 344 g/mol. The van der Waals surface area contributed by atoms with Crippen molar-refractivity contribution in [3.05, 3.63) is 96.6 Å². The van der Waals surface area contributed by atoms with Gasteiger partial charge >= 0.3 is 0 Å². The van der Waals surface area contributed by atoms with Crippen molar-refractivity contribution >= 4 is 10.9 Å². The van der Waals surface area contributed by atoms with Crippen molar-refractivity contribution in [3.63, 3.8) is 0 Å². The molecule has 1 aromatic heterocycles. The molecule has 142 valence electrons. The second kappa shape index (κ2) is 8.87. The molecule has 0 fully saturated rings. The SMILES string of the molecule is OC(CNCCc1ccccc1)Cn1c(-c2ccccc2)cc2ccccc21. The molecule has 0 aliphatic heterocycles. The first-order valence-corrected chi connectivity index (χ1v) is 9.87. The molecule has 0 saturated heterocycles. The molecule has 0 aliphatic carbocycles. The van der Waals surface area contributed by atoms with Gasteiger partial charge in [0.1, 0.15) is 0 Å². The van der Waals surface area contributed by atoms with E-state index in [1.165, 1.54) is 16.5 Å². The van der Waals surface area contributed by atoms with Gasteiger partial charge in [0.15, 0.2) is 0 Å². The molecule has 4 rings (SSSR count). The summed E-state index contributed by atoms with van der Waals surface area (Å²) in [6.45, 7) is 2.00. The Morgan fingerprint density at radius 1 is 0.821 bits per heavy atom. The minimum Gasteiger partial charge on any atom is -0.390 e. The molecule has 0 saturated carbocycles. The molecule has 0 radical (unpaired) electrons. The summed E-state index contributed by atoms with van der Waals surface area (Å²) in [5.41, 5.74) is 4.78. The predicted molar refractivity (Wildman–Crippen MR) is 116 cm³/mol. The lowest BCUT2D eigenvalue weighted by Gasteiger charge is -2.17. The number of benzene rings is 3. The van der Waals surface area contributed by atoms with E-state index < -0.39 is 6.10 Å². The topological polar surface area (TPSA) is 37.2 Å². The first-order valence-electron chi connectivity index (χ1n) is 9.87. The maximum Gasteiger partial charge on any atom is 0.0843 e. The van der Waals surface area contributed by atoms with Gasteiger partial charge in [-0.1, -0.05) is 78.9 Å². The first kappa shape index (κ1) is 18.5. The monoisotopic (exact) mass is 370 g/mol. The normalized spacial score (nSPS) is 12.3. The van der Waals surface area contributed by atoms with Gasteiger partial charge in [-0.05, 0) is 36.2 Å². The zero-order valence-electron chi connectivity index (χ0n) is 16.0. The summed E-state index contributed by atoms with van der Waals surface area (Å²) < 4.78 is 2.23. The zero-order valence-corrected chi connectivity index (χ0v) is 16.0. The first-order chi connectivity index (χ1) is 13.8. The summed E-state index contributed by atoms with van der Waals surface area (Å²) in [7, 11) is 0. The number of aromatic nitrogens is 1. The van der Waals surface area contributed by atoms with Crippen LogP contribution < -0.4 is 5.32 Å². The van der Waals surface area contributed by atoms with Crippen LogP contribution in [0, 0.1) is 0 Å². The highest BCUT2D eigenvalue weighted by Crippen LogP contribution is 2.28. The van der Waals surface area contributed by atoms with Crippen LogP contribution in [0.1, 0.15) is 5.56 Å². The second-order valence-electron chi connectivity index (χ2n) is 7.16. The Kier molecular flexibility index (Phi) is 5.86. The van der Waals surface area contributed by atoms with Gasteiger partial charge in [-0.25, -0.2) is 0 Å². The Morgan fingerprint density at radius 2 is 1.50 bits per heavy atom. The molecule has 3 aromatic carbocycles. The van der Waals surface area contributed by atoms with Gasteiger partial charge in [0, 0.05) is 23.1 Å². The Bertz CT molecular complexity index is 1010. The molecule has 4 aromatic rings. The van der Waals surface area contributed by atoms with Crippen molar-refractivity contribution in [2.24, 2.45) is 0 Å². The number of aliphatic hydroxyl groups is 1. The van der Waals surface area contributed by atoms with Gasteiger partial charge in [-0.3, -0.25) is 0 Å². The van der Waals surface area contributed by atoms with E-state index in [0.717, 1.165) is 24.2 Å². The van der Waals surface area contributed by atoms with E-state index in [2.05, 4.69) is 88.7 Å². The van der Waals surface area contributed by atoms with Crippen molar-refractivity contribution in [3.8, 4) is 11.3 Å². The second-order valence-corrected chi connectivity index (χ2v) is 7.16. The lowest BCUT2D eigenvalue weighted by atomic mass is 10.1. The number of aliphatic hydroxyl groups excluding tert-OH is 1. The smallest absolute Gasteiger partial charge is 0.0843 e. The number of hydrogen-bond acceptors (Lipinski definition) is 2. The van der Waals surface area contributed by atoms with Gasteiger partial charge < -0.3 is 15.0 Å². The van der Waals surface area contributed by atoms with Gasteiger partial charge in [0.05, 0.1) is 12.6 Å². The zero-order chi connectivity index (χ0) is 19.2. The van der Waals surface area contributed by atoms with E-state index in [1.807, 2.05) is 12.1 Å². The summed E-state index contributed by atoms with van der Waals surface area (Å²) >= 11 is 0. The number of rotatable bonds is 8. The summed E-state index contributed by atoms with van der Waals surface area (Å²) in [6.07, 6.45) is 0.518. The Morgan fingerprint density at radius 3 is 2.29 bits per heavy atom. The Balaban J connectivity index is 1.44. The van der Waals surface area contributed by atoms with Gasteiger partial charge in [0.25, 0.3) is 0 Å². The molecule has 0 spiro atoms. The molecule has 28 heavy (non-hydrogen) atoms. The van der Waals surface area contributed by atoms with Crippen molar-refractivity contribution < 1.29 is 5.11 Å². The fourth-order valence-corrected chi connectivity index (χ4v) is 3.68. The number of fused-ring (bicyclic) bond motifs is 1. The highest BCUT2D eigenvalue weighted by Gasteiger charge is 2.13. The minimum atomic E-state index is -0.450. The molecule has 1 unspecified atom stereocenters. The quantitative estimate of drug-likeness (QED) is 0.448. The fraction of sp³-hybridized carbons (Fsp3) is 0.200. The number of nitrogens with one attached hydrogen (secondary N) is 1. The van der Waals surface area contributed by atoms with Crippen LogP contribution in [0.25, 0.3) is 22.2 Å².